The van der Waals surface area contributed by atoms with Gasteiger partial charge in [0.05, 0.1) is 14.9 Å². The zero-order chi connectivity index (χ0) is 21.4. The molecule has 2 rings (SSSR count). The second-order valence-electron chi connectivity index (χ2n) is 6.04. The number of para-hydroxylation sites is 1. The van der Waals surface area contributed by atoms with Crippen LogP contribution in [0, 0.1) is 6.92 Å². The van der Waals surface area contributed by atoms with Crippen LogP contribution in [-0.4, -0.2) is 31.1 Å². The molecule has 0 unspecified atom stereocenters. The van der Waals surface area contributed by atoms with Crippen molar-refractivity contribution in [2.24, 2.45) is 0 Å². The lowest BCUT2D eigenvalue weighted by Gasteiger charge is -2.25. The molecular weight excluding hydrogens is 424 g/mol. The molecule has 0 aliphatic carbocycles. The maximum atomic E-state index is 11.9. The number of nitrogens with one attached hydrogen (secondary N) is 1. The summed E-state index contributed by atoms with van der Waals surface area (Å²) in [5.74, 6) is -0.290. The van der Waals surface area contributed by atoms with Crippen molar-refractivity contribution in [2.75, 3.05) is 25.1 Å². The summed E-state index contributed by atoms with van der Waals surface area (Å²) in [5.41, 5.74) is 2.63. The van der Waals surface area contributed by atoms with E-state index in [4.69, 9.17) is 11.6 Å². The van der Waals surface area contributed by atoms with Gasteiger partial charge in [0.15, 0.2) is 5.78 Å². The number of benzene rings is 1. The molecule has 2 N–H and O–H groups in total. The van der Waals surface area contributed by atoms with Crippen molar-refractivity contribution in [2.45, 2.75) is 13.8 Å². The number of aliphatic hydroxyl groups is 1. The Morgan fingerprint density at radius 1 is 1.38 bits per heavy atom. The molecule has 0 aliphatic heterocycles. The number of allylic oxidation sites excluding steroid dienone is 4. The van der Waals surface area contributed by atoms with Gasteiger partial charge in [0.1, 0.15) is 6.61 Å². The van der Waals surface area contributed by atoms with Crippen LogP contribution in [0.5, 0.6) is 0 Å². The highest BCUT2D eigenvalue weighted by Gasteiger charge is 2.17. The molecule has 0 fully saturated rings. The third kappa shape index (κ3) is 5.84. The van der Waals surface area contributed by atoms with E-state index in [9.17, 15) is 9.90 Å². The molecule has 1 aromatic heterocycles. The van der Waals surface area contributed by atoms with Crippen LogP contribution in [0.3, 0.4) is 0 Å². The van der Waals surface area contributed by atoms with Gasteiger partial charge in [0, 0.05) is 22.7 Å². The average Bonchev–Trinajstić information content (AvgIpc) is 3.10. The highest BCUT2D eigenvalue weighted by molar-refractivity contribution is 8.01. The highest BCUT2D eigenvalue weighted by atomic mass is 35.5. The van der Waals surface area contributed by atoms with Gasteiger partial charge < -0.3 is 10.0 Å². The number of nitrogens with zero attached hydrogens (tertiary/aromatic N) is 1. The predicted octanol–water partition coefficient (Wildman–Crippen LogP) is 5.60. The lowest BCUT2D eigenvalue weighted by Crippen LogP contribution is -2.21. The zero-order valence-corrected chi connectivity index (χ0v) is 19.1. The second kappa shape index (κ2) is 11.4. The van der Waals surface area contributed by atoms with Gasteiger partial charge in [0.25, 0.3) is 0 Å². The van der Waals surface area contributed by atoms with E-state index in [1.54, 1.807) is 6.08 Å². The molecule has 2 aromatic rings. The summed E-state index contributed by atoms with van der Waals surface area (Å²) in [6.45, 7) is 8.10. The second-order valence-corrected chi connectivity index (χ2v) is 8.53. The number of rotatable bonds is 10. The van der Waals surface area contributed by atoms with Gasteiger partial charge in [-0.1, -0.05) is 42.5 Å². The monoisotopic (exact) mass is 448 g/mol. The summed E-state index contributed by atoms with van der Waals surface area (Å²) in [7, 11) is 1.86. The van der Waals surface area contributed by atoms with Crippen molar-refractivity contribution in [1.29, 1.82) is 0 Å². The van der Waals surface area contributed by atoms with E-state index in [1.807, 2.05) is 44.3 Å². The van der Waals surface area contributed by atoms with Crippen LogP contribution in [0.15, 0.2) is 65.2 Å². The molecule has 4 nitrogen and oxygen atoms in total. The van der Waals surface area contributed by atoms with Crippen molar-refractivity contribution in [3.8, 4) is 0 Å². The molecule has 154 valence electrons. The number of hydrogen-bond donors (Lipinski definition) is 2. The summed E-state index contributed by atoms with van der Waals surface area (Å²) >= 11 is 9.50. The molecule has 1 heterocycles. The van der Waals surface area contributed by atoms with Crippen molar-refractivity contribution >= 4 is 51.9 Å². The minimum Gasteiger partial charge on any atom is -0.388 e. The maximum absolute atomic E-state index is 11.9. The molecule has 0 bridgehead atoms. The first-order chi connectivity index (χ1) is 14.0. The fraction of sp³-hybridized carbons (Fsp3) is 0.227. The summed E-state index contributed by atoms with van der Waals surface area (Å²) < 4.78 is 3.12. The van der Waals surface area contributed by atoms with Crippen molar-refractivity contribution < 1.29 is 9.90 Å². The van der Waals surface area contributed by atoms with Crippen molar-refractivity contribution in [1.82, 2.24) is 4.72 Å². The number of carbonyl (C=O) groups is 1. The van der Waals surface area contributed by atoms with Crippen molar-refractivity contribution in [3.05, 3.63) is 80.5 Å². The molecule has 0 saturated carbocycles. The fourth-order valence-electron chi connectivity index (χ4n) is 2.81. The summed E-state index contributed by atoms with van der Waals surface area (Å²) in [6, 6.07) is 12.0. The Morgan fingerprint density at radius 2 is 2.07 bits per heavy atom. The van der Waals surface area contributed by atoms with Crippen LogP contribution in [0.1, 0.15) is 27.0 Å². The lowest BCUT2D eigenvalue weighted by molar-refractivity contribution is 0.0907. The Balaban J connectivity index is 2.51. The third-order valence-corrected chi connectivity index (χ3v) is 6.52. The Hall–Kier alpha value is -1.83. The summed E-state index contributed by atoms with van der Waals surface area (Å²) in [5, 5.41) is 10.6. The Bertz CT molecular complexity index is 920. The number of hydrogen-bond acceptors (Lipinski definition) is 6. The standard InChI is InChI=1S/C22H25ClN2O2S2/c1-5-17(20-12-15(3)22(28-20)19(27)14-26)18(23)13-21(29-24-4)25(6-2)16-10-8-7-9-11-16/h5,7-13,24,26H,1,6,14H2,2-4H3/b18-17-,21-13-. The first-order valence-corrected chi connectivity index (χ1v) is 11.1. The number of Topliss-reactive ketones (excluding diaryl/α,β-unsaturated/α-hetero) is 1. The normalized spacial score (nSPS) is 12.5. The van der Waals surface area contributed by atoms with E-state index < -0.39 is 6.61 Å². The van der Waals surface area contributed by atoms with E-state index in [2.05, 4.69) is 35.3 Å². The van der Waals surface area contributed by atoms with Crippen LogP contribution in [0.25, 0.3) is 5.57 Å². The van der Waals surface area contributed by atoms with Crippen LogP contribution in [0.4, 0.5) is 5.69 Å². The fourth-order valence-corrected chi connectivity index (χ4v) is 5.10. The number of ketones is 1. The minimum absolute atomic E-state index is 0.290. The molecule has 0 spiro atoms. The Labute approximate surface area is 185 Å². The van der Waals surface area contributed by atoms with Gasteiger partial charge in [-0.25, -0.2) is 0 Å². The van der Waals surface area contributed by atoms with Gasteiger partial charge >= 0.3 is 0 Å². The first-order valence-electron chi connectivity index (χ1n) is 9.11. The molecule has 0 aliphatic rings. The summed E-state index contributed by atoms with van der Waals surface area (Å²) in [6.07, 6.45) is 3.59. The predicted molar refractivity (Wildman–Crippen MR) is 128 cm³/mol. The molecule has 0 radical (unpaired) electrons. The molecular formula is C22H25ClN2O2S2. The summed E-state index contributed by atoms with van der Waals surface area (Å²) in [4.78, 5) is 15.5. The van der Waals surface area contributed by atoms with Crippen LogP contribution >= 0.6 is 34.9 Å². The molecule has 0 atom stereocenters. The quantitative estimate of drug-likeness (QED) is 0.281. The van der Waals surface area contributed by atoms with E-state index in [0.717, 1.165) is 33.3 Å². The van der Waals surface area contributed by atoms with Crippen LogP contribution in [0.2, 0.25) is 0 Å². The maximum Gasteiger partial charge on any atom is 0.198 e. The molecule has 0 amide bonds. The van der Waals surface area contributed by atoms with Gasteiger partial charge in [-0.15, -0.1) is 11.3 Å². The number of aliphatic hydroxyl groups excluding tert-OH is 1. The average molecular weight is 449 g/mol. The van der Waals surface area contributed by atoms with E-state index >= 15 is 0 Å². The van der Waals surface area contributed by atoms with Crippen molar-refractivity contribution in [3.63, 3.8) is 0 Å². The van der Waals surface area contributed by atoms with Gasteiger partial charge in [-0.05, 0) is 62.7 Å². The van der Waals surface area contributed by atoms with E-state index in [-0.39, 0.29) is 5.78 Å². The van der Waals surface area contributed by atoms with Crippen LogP contribution in [-0.2, 0) is 0 Å². The third-order valence-electron chi connectivity index (χ3n) is 4.15. The van der Waals surface area contributed by atoms with E-state index in [1.165, 1.54) is 23.3 Å². The number of thiophene rings is 1. The van der Waals surface area contributed by atoms with Gasteiger partial charge in [-0.2, -0.15) is 0 Å². The number of carbonyl (C=O) groups excluding carboxylic acids is 1. The van der Waals surface area contributed by atoms with Gasteiger partial charge in [-0.3, -0.25) is 9.52 Å². The van der Waals surface area contributed by atoms with Crippen LogP contribution < -0.4 is 9.62 Å². The first kappa shape index (κ1) is 23.4. The smallest absolute Gasteiger partial charge is 0.198 e. The Kier molecular flexibility index (Phi) is 9.20. The zero-order valence-electron chi connectivity index (χ0n) is 16.7. The Morgan fingerprint density at radius 3 is 2.62 bits per heavy atom. The lowest BCUT2D eigenvalue weighted by atomic mass is 10.1. The minimum atomic E-state index is -0.507. The largest absolute Gasteiger partial charge is 0.388 e. The number of aryl methyl sites for hydroxylation is 1. The SMILES string of the molecule is C=C/C(=C(Cl)\C=C(/SNC)N(CC)c1ccccc1)c1cc(C)c(C(=O)CO)s1. The van der Waals surface area contributed by atoms with E-state index in [0.29, 0.717) is 9.91 Å². The number of anilines is 1. The molecule has 29 heavy (non-hydrogen) atoms. The highest BCUT2D eigenvalue weighted by Crippen LogP contribution is 2.34. The topological polar surface area (TPSA) is 52.6 Å². The van der Waals surface area contributed by atoms with Gasteiger partial charge in [0.2, 0.25) is 0 Å². The molecule has 1 aromatic carbocycles. The molecule has 7 heteroatoms. The number of halogens is 1. The molecule has 0 saturated heterocycles.